The predicted octanol–water partition coefficient (Wildman–Crippen LogP) is 1.24. The van der Waals surface area contributed by atoms with Crippen molar-refractivity contribution < 1.29 is 9.90 Å². The molecule has 0 fully saturated rings. The van der Waals surface area contributed by atoms with Crippen LogP contribution in [0.3, 0.4) is 0 Å². The fourth-order valence-electron chi connectivity index (χ4n) is 0.753. The van der Waals surface area contributed by atoms with E-state index in [1.54, 1.807) is 6.92 Å². The third kappa shape index (κ3) is 2.89. The van der Waals surface area contributed by atoms with Crippen LogP contribution in [0.2, 0.25) is 0 Å². The second kappa shape index (κ2) is 4.34. The zero-order valence-corrected chi connectivity index (χ0v) is 7.48. The van der Waals surface area contributed by atoms with Crippen LogP contribution in [0.4, 0.5) is 0 Å². The lowest BCUT2D eigenvalue weighted by Crippen LogP contribution is -2.49. The van der Waals surface area contributed by atoms with E-state index in [9.17, 15) is 4.79 Å². The van der Waals surface area contributed by atoms with Crippen molar-refractivity contribution in [2.75, 3.05) is 6.54 Å². The first kappa shape index (κ1) is 10.4. The number of aliphatic carboxylic acids is 1. The van der Waals surface area contributed by atoms with Crippen LogP contribution in [-0.2, 0) is 4.79 Å². The normalized spacial score (nSPS) is 15.9. The molecular weight excluding hydrogens is 142 g/mol. The largest absolute Gasteiger partial charge is 0.480 e. The first-order chi connectivity index (χ1) is 5.06. The molecule has 0 aromatic carbocycles. The van der Waals surface area contributed by atoms with Crippen molar-refractivity contribution in [1.82, 2.24) is 5.32 Å². The molecule has 0 aromatic rings. The molecule has 0 saturated carbocycles. The van der Waals surface area contributed by atoms with Crippen LogP contribution in [0, 0.1) is 0 Å². The molecule has 0 aromatic heterocycles. The lowest BCUT2D eigenvalue weighted by molar-refractivity contribution is -0.144. The number of carbonyl (C=O) groups is 1. The Hall–Kier alpha value is -0.570. The minimum Gasteiger partial charge on any atom is -0.480 e. The van der Waals surface area contributed by atoms with Gasteiger partial charge in [-0.2, -0.15) is 0 Å². The molecule has 2 N–H and O–H groups in total. The first-order valence-electron chi connectivity index (χ1n) is 4.05. The Labute approximate surface area is 67.8 Å². The quantitative estimate of drug-likeness (QED) is 0.634. The van der Waals surface area contributed by atoms with Crippen LogP contribution in [0.1, 0.15) is 33.6 Å². The van der Waals surface area contributed by atoms with E-state index < -0.39 is 11.5 Å². The summed E-state index contributed by atoms with van der Waals surface area (Å²) >= 11 is 0. The van der Waals surface area contributed by atoms with Gasteiger partial charge < -0.3 is 10.4 Å². The van der Waals surface area contributed by atoms with Crippen molar-refractivity contribution >= 4 is 5.97 Å². The second-order valence-electron chi connectivity index (χ2n) is 2.92. The third-order valence-electron chi connectivity index (χ3n) is 1.94. The number of carboxylic acids is 1. The summed E-state index contributed by atoms with van der Waals surface area (Å²) in [5.41, 5.74) is -0.740. The number of hydrogen-bond acceptors (Lipinski definition) is 2. The Morgan fingerprint density at radius 1 is 1.55 bits per heavy atom. The van der Waals surface area contributed by atoms with E-state index in [0.717, 1.165) is 13.0 Å². The van der Waals surface area contributed by atoms with Gasteiger partial charge in [-0.1, -0.05) is 13.8 Å². The summed E-state index contributed by atoms with van der Waals surface area (Å²) in [6.45, 7) is 6.36. The van der Waals surface area contributed by atoms with Gasteiger partial charge in [-0.05, 0) is 26.3 Å². The van der Waals surface area contributed by atoms with Crippen LogP contribution in [0.5, 0.6) is 0 Å². The molecule has 0 aliphatic rings. The monoisotopic (exact) mass is 159 g/mol. The molecule has 0 rings (SSSR count). The maximum absolute atomic E-state index is 10.7. The van der Waals surface area contributed by atoms with Crippen molar-refractivity contribution in [2.24, 2.45) is 0 Å². The predicted molar refractivity (Wildman–Crippen MR) is 44.6 cm³/mol. The molecule has 3 heteroatoms. The summed E-state index contributed by atoms with van der Waals surface area (Å²) < 4.78 is 0. The molecule has 66 valence electrons. The van der Waals surface area contributed by atoms with Crippen LogP contribution in [0.15, 0.2) is 0 Å². The highest BCUT2D eigenvalue weighted by atomic mass is 16.4. The topological polar surface area (TPSA) is 49.3 Å². The average molecular weight is 159 g/mol. The van der Waals surface area contributed by atoms with Gasteiger partial charge in [0.05, 0.1) is 0 Å². The molecule has 11 heavy (non-hydrogen) atoms. The van der Waals surface area contributed by atoms with Gasteiger partial charge in [0.1, 0.15) is 5.54 Å². The van der Waals surface area contributed by atoms with E-state index in [1.807, 2.05) is 13.8 Å². The van der Waals surface area contributed by atoms with Gasteiger partial charge in [0.15, 0.2) is 0 Å². The summed E-state index contributed by atoms with van der Waals surface area (Å²) in [4.78, 5) is 10.7. The number of rotatable bonds is 5. The van der Waals surface area contributed by atoms with E-state index in [2.05, 4.69) is 5.32 Å². The van der Waals surface area contributed by atoms with E-state index >= 15 is 0 Å². The van der Waals surface area contributed by atoms with Crippen LogP contribution >= 0.6 is 0 Å². The minimum atomic E-state index is -0.770. The lowest BCUT2D eigenvalue weighted by Gasteiger charge is -2.24. The van der Waals surface area contributed by atoms with E-state index in [0.29, 0.717) is 6.42 Å². The van der Waals surface area contributed by atoms with Crippen molar-refractivity contribution in [1.29, 1.82) is 0 Å². The Balaban J connectivity index is 3.99. The summed E-state index contributed by atoms with van der Waals surface area (Å²) in [7, 11) is 0. The van der Waals surface area contributed by atoms with Crippen molar-refractivity contribution in [2.45, 2.75) is 39.2 Å². The van der Waals surface area contributed by atoms with Gasteiger partial charge in [0.25, 0.3) is 0 Å². The maximum atomic E-state index is 10.7. The summed E-state index contributed by atoms with van der Waals surface area (Å²) in [5, 5.41) is 11.8. The number of hydrogen-bond donors (Lipinski definition) is 2. The smallest absolute Gasteiger partial charge is 0.323 e. The summed E-state index contributed by atoms with van der Waals surface area (Å²) in [6, 6.07) is 0. The fraction of sp³-hybridized carbons (Fsp3) is 0.875. The van der Waals surface area contributed by atoms with Gasteiger partial charge >= 0.3 is 5.97 Å². The van der Waals surface area contributed by atoms with Gasteiger partial charge in [-0.25, -0.2) is 0 Å². The minimum absolute atomic E-state index is 0.613. The van der Waals surface area contributed by atoms with Gasteiger partial charge in [0.2, 0.25) is 0 Å². The van der Waals surface area contributed by atoms with Crippen molar-refractivity contribution in [3.8, 4) is 0 Å². The SMILES string of the molecule is CCCNC(C)(CC)C(=O)O. The molecule has 1 atom stereocenters. The molecule has 0 aliphatic carbocycles. The highest BCUT2D eigenvalue weighted by molar-refractivity contribution is 5.78. The standard InChI is InChI=1S/C8H17NO2/c1-4-6-9-8(3,5-2)7(10)11/h9H,4-6H2,1-3H3,(H,10,11). The Morgan fingerprint density at radius 3 is 2.36 bits per heavy atom. The molecule has 0 amide bonds. The summed E-state index contributed by atoms with van der Waals surface area (Å²) in [5.74, 6) is -0.770. The Kier molecular flexibility index (Phi) is 4.11. The zero-order valence-electron chi connectivity index (χ0n) is 7.48. The van der Waals surface area contributed by atoms with Gasteiger partial charge in [0, 0.05) is 0 Å². The molecule has 0 heterocycles. The number of nitrogens with one attached hydrogen (secondary N) is 1. The molecule has 0 aliphatic heterocycles. The van der Waals surface area contributed by atoms with Crippen molar-refractivity contribution in [3.63, 3.8) is 0 Å². The van der Waals surface area contributed by atoms with Crippen LogP contribution < -0.4 is 5.32 Å². The molecule has 0 radical (unpaired) electrons. The molecule has 0 bridgehead atoms. The van der Waals surface area contributed by atoms with Gasteiger partial charge in [-0.3, -0.25) is 4.79 Å². The summed E-state index contributed by atoms with van der Waals surface area (Å²) in [6.07, 6.45) is 1.57. The first-order valence-corrected chi connectivity index (χ1v) is 4.05. The number of carboxylic acid groups (broad SMARTS) is 1. The average Bonchev–Trinajstić information content (AvgIpc) is 2.00. The lowest BCUT2D eigenvalue weighted by atomic mass is 9.99. The third-order valence-corrected chi connectivity index (χ3v) is 1.94. The molecule has 0 saturated heterocycles. The maximum Gasteiger partial charge on any atom is 0.323 e. The Morgan fingerprint density at radius 2 is 2.09 bits per heavy atom. The molecular formula is C8H17NO2. The Bertz CT molecular complexity index is 136. The molecule has 1 unspecified atom stereocenters. The van der Waals surface area contributed by atoms with Crippen LogP contribution in [0.25, 0.3) is 0 Å². The highest BCUT2D eigenvalue weighted by Gasteiger charge is 2.29. The van der Waals surface area contributed by atoms with E-state index in [1.165, 1.54) is 0 Å². The zero-order chi connectivity index (χ0) is 8.91. The van der Waals surface area contributed by atoms with Crippen LogP contribution in [-0.4, -0.2) is 23.2 Å². The highest BCUT2D eigenvalue weighted by Crippen LogP contribution is 2.08. The molecule has 0 spiro atoms. The second-order valence-corrected chi connectivity index (χ2v) is 2.92. The van der Waals surface area contributed by atoms with Gasteiger partial charge in [-0.15, -0.1) is 0 Å². The molecule has 3 nitrogen and oxygen atoms in total. The fourth-order valence-corrected chi connectivity index (χ4v) is 0.753. The van der Waals surface area contributed by atoms with E-state index in [-0.39, 0.29) is 0 Å². The van der Waals surface area contributed by atoms with Crippen molar-refractivity contribution in [3.05, 3.63) is 0 Å². The van der Waals surface area contributed by atoms with E-state index in [4.69, 9.17) is 5.11 Å².